The van der Waals surface area contributed by atoms with Crippen LogP contribution < -0.4 is 0 Å². The number of likely N-dealkylation sites (N-methyl/N-ethyl adjacent to an activating group) is 1. The molecule has 2 atom stereocenters. The summed E-state index contributed by atoms with van der Waals surface area (Å²) in [4.78, 5) is 2.35. The zero-order valence-corrected chi connectivity index (χ0v) is 6.75. The number of nitriles is 1. The van der Waals surface area contributed by atoms with Crippen molar-refractivity contribution in [2.45, 2.75) is 31.3 Å². The van der Waals surface area contributed by atoms with Gasteiger partial charge in [0.25, 0.3) is 0 Å². The van der Waals surface area contributed by atoms with Crippen LogP contribution in [0.15, 0.2) is 11.6 Å². The van der Waals surface area contributed by atoms with Crippen LogP contribution in [0.3, 0.4) is 0 Å². The average molecular weight is 148 g/mol. The van der Waals surface area contributed by atoms with Gasteiger partial charge in [0.1, 0.15) is 0 Å². The molecule has 2 heteroatoms. The van der Waals surface area contributed by atoms with Gasteiger partial charge in [-0.25, -0.2) is 0 Å². The molecule has 2 nitrogen and oxygen atoms in total. The van der Waals surface area contributed by atoms with Crippen LogP contribution in [0.25, 0.3) is 0 Å². The number of rotatable bonds is 0. The molecule has 2 bridgehead atoms. The van der Waals surface area contributed by atoms with Gasteiger partial charge in [-0.15, -0.1) is 0 Å². The summed E-state index contributed by atoms with van der Waals surface area (Å²) >= 11 is 0. The highest BCUT2D eigenvalue weighted by Crippen LogP contribution is 2.33. The van der Waals surface area contributed by atoms with Crippen molar-refractivity contribution in [2.24, 2.45) is 0 Å². The van der Waals surface area contributed by atoms with Crippen LogP contribution in [0.1, 0.15) is 19.3 Å². The third-order valence-corrected chi connectivity index (χ3v) is 2.94. The maximum absolute atomic E-state index is 8.78. The normalized spacial score (nSPS) is 36.5. The van der Waals surface area contributed by atoms with Gasteiger partial charge in [-0.2, -0.15) is 5.26 Å². The van der Waals surface area contributed by atoms with Gasteiger partial charge in [-0.05, 0) is 26.3 Å². The van der Waals surface area contributed by atoms with Gasteiger partial charge >= 0.3 is 0 Å². The summed E-state index contributed by atoms with van der Waals surface area (Å²) in [6.07, 6.45) is 5.64. The molecule has 2 heterocycles. The second-order valence-electron chi connectivity index (χ2n) is 3.42. The van der Waals surface area contributed by atoms with Crippen molar-refractivity contribution in [3.63, 3.8) is 0 Å². The smallest absolute Gasteiger partial charge is 0.0960 e. The highest BCUT2D eigenvalue weighted by atomic mass is 15.2. The fourth-order valence-electron chi connectivity index (χ4n) is 2.19. The molecular formula is C9H12N2. The van der Waals surface area contributed by atoms with Gasteiger partial charge in [0, 0.05) is 17.7 Å². The standard InChI is InChI=1S/C9H12N2/c1-11-8-3-2-7(6-10)9(11)5-4-8/h2,8-9H,3-5H2,1H3. The Bertz CT molecular complexity index is 236. The molecular weight excluding hydrogens is 136 g/mol. The molecule has 58 valence electrons. The molecule has 0 amide bonds. The lowest BCUT2D eigenvalue weighted by Crippen LogP contribution is -2.35. The summed E-state index contributed by atoms with van der Waals surface area (Å²) in [6, 6.07) is 3.44. The van der Waals surface area contributed by atoms with Crippen molar-refractivity contribution in [3.8, 4) is 6.07 Å². The van der Waals surface area contributed by atoms with Gasteiger partial charge < -0.3 is 0 Å². The maximum Gasteiger partial charge on any atom is 0.0960 e. The first kappa shape index (κ1) is 6.87. The minimum atomic E-state index is 0.443. The molecule has 2 aliphatic heterocycles. The highest BCUT2D eigenvalue weighted by Gasteiger charge is 2.35. The number of hydrogen-bond acceptors (Lipinski definition) is 2. The van der Waals surface area contributed by atoms with Crippen molar-refractivity contribution in [1.29, 1.82) is 5.26 Å². The van der Waals surface area contributed by atoms with Crippen LogP contribution in [0, 0.1) is 11.3 Å². The molecule has 2 aliphatic rings. The Hall–Kier alpha value is -0.810. The summed E-state index contributed by atoms with van der Waals surface area (Å²) < 4.78 is 0. The monoisotopic (exact) mass is 148 g/mol. The summed E-state index contributed by atoms with van der Waals surface area (Å²) in [6.45, 7) is 0. The first-order valence-corrected chi connectivity index (χ1v) is 4.15. The van der Waals surface area contributed by atoms with Crippen LogP contribution in [-0.2, 0) is 0 Å². The zero-order chi connectivity index (χ0) is 7.84. The predicted molar refractivity (Wildman–Crippen MR) is 42.9 cm³/mol. The number of fused-ring (bicyclic) bond motifs is 2. The van der Waals surface area contributed by atoms with E-state index in [2.05, 4.69) is 24.1 Å². The molecule has 0 aromatic carbocycles. The Kier molecular flexibility index (Phi) is 1.47. The fourth-order valence-corrected chi connectivity index (χ4v) is 2.19. The van der Waals surface area contributed by atoms with Crippen LogP contribution in [0.5, 0.6) is 0 Å². The minimum absolute atomic E-state index is 0.443. The van der Waals surface area contributed by atoms with E-state index in [1.165, 1.54) is 12.8 Å². The molecule has 0 spiro atoms. The van der Waals surface area contributed by atoms with Crippen molar-refractivity contribution >= 4 is 0 Å². The van der Waals surface area contributed by atoms with Crippen molar-refractivity contribution < 1.29 is 0 Å². The SMILES string of the molecule is CN1C2CC=C(C#N)C1CC2. The van der Waals surface area contributed by atoms with Crippen LogP contribution >= 0.6 is 0 Å². The van der Waals surface area contributed by atoms with Crippen molar-refractivity contribution in [2.75, 3.05) is 7.05 Å². The highest BCUT2D eigenvalue weighted by molar-refractivity contribution is 5.31. The fraction of sp³-hybridized carbons (Fsp3) is 0.667. The Morgan fingerprint density at radius 2 is 2.45 bits per heavy atom. The lowest BCUT2D eigenvalue weighted by atomic mass is 10.0. The topological polar surface area (TPSA) is 27.0 Å². The molecule has 11 heavy (non-hydrogen) atoms. The van der Waals surface area contributed by atoms with Crippen LogP contribution in [-0.4, -0.2) is 24.0 Å². The van der Waals surface area contributed by atoms with E-state index in [0.29, 0.717) is 6.04 Å². The third kappa shape index (κ3) is 0.883. The van der Waals surface area contributed by atoms with Crippen molar-refractivity contribution in [1.82, 2.24) is 4.90 Å². The third-order valence-electron chi connectivity index (χ3n) is 2.94. The summed E-state index contributed by atoms with van der Waals surface area (Å²) in [7, 11) is 2.13. The van der Waals surface area contributed by atoms with Crippen molar-refractivity contribution in [3.05, 3.63) is 11.6 Å². The second-order valence-corrected chi connectivity index (χ2v) is 3.42. The minimum Gasteiger partial charge on any atom is -0.295 e. The van der Waals surface area contributed by atoms with E-state index in [1.54, 1.807) is 0 Å². The average Bonchev–Trinajstić information content (AvgIpc) is 2.31. The maximum atomic E-state index is 8.78. The van der Waals surface area contributed by atoms with Gasteiger partial charge in [0.2, 0.25) is 0 Å². The summed E-state index contributed by atoms with van der Waals surface area (Å²) in [5.74, 6) is 0. The van der Waals surface area contributed by atoms with Gasteiger partial charge in [-0.1, -0.05) is 6.08 Å². The molecule has 0 aromatic rings. The first-order valence-electron chi connectivity index (χ1n) is 4.15. The van der Waals surface area contributed by atoms with E-state index in [1.807, 2.05) is 0 Å². The van der Waals surface area contributed by atoms with E-state index in [-0.39, 0.29) is 0 Å². The van der Waals surface area contributed by atoms with E-state index < -0.39 is 0 Å². The summed E-state index contributed by atoms with van der Waals surface area (Å²) in [5, 5.41) is 8.78. The molecule has 2 unspecified atom stereocenters. The largest absolute Gasteiger partial charge is 0.295 e. The Labute approximate surface area is 67.1 Å². The first-order chi connectivity index (χ1) is 5.33. The van der Waals surface area contributed by atoms with E-state index in [9.17, 15) is 0 Å². The molecule has 1 fully saturated rings. The quantitative estimate of drug-likeness (QED) is 0.517. The zero-order valence-electron chi connectivity index (χ0n) is 6.75. The van der Waals surface area contributed by atoms with Crippen LogP contribution in [0.2, 0.25) is 0 Å². The molecule has 0 aromatic heterocycles. The van der Waals surface area contributed by atoms with Crippen LogP contribution in [0.4, 0.5) is 0 Å². The molecule has 1 saturated heterocycles. The number of nitrogens with zero attached hydrogens (tertiary/aromatic N) is 2. The molecule has 0 radical (unpaired) electrons. The van der Waals surface area contributed by atoms with E-state index in [0.717, 1.165) is 18.0 Å². The lowest BCUT2D eigenvalue weighted by molar-refractivity contribution is 0.254. The van der Waals surface area contributed by atoms with Gasteiger partial charge in [-0.3, -0.25) is 4.90 Å². The van der Waals surface area contributed by atoms with Gasteiger partial charge in [0.05, 0.1) is 6.07 Å². The Morgan fingerprint density at radius 1 is 1.64 bits per heavy atom. The molecule has 0 saturated carbocycles. The molecule has 0 aliphatic carbocycles. The Morgan fingerprint density at radius 3 is 3.18 bits per heavy atom. The number of hydrogen-bond donors (Lipinski definition) is 0. The molecule has 2 rings (SSSR count). The van der Waals surface area contributed by atoms with Gasteiger partial charge in [0.15, 0.2) is 0 Å². The predicted octanol–water partition coefficient (Wildman–Crippen LogP) is 1.30. The molecule has 0 N–H and O–H groups in total. The summed E-state index contributed by atoms with van der Waals surface area (Å²) in [5.41, 5.74) is 0.987. The van der Waals surface area contributed by atoms with E-state index >= 15 is 0 Å². The Balaban J connectivity index is 2.29. The lowest BCUT2D eigenvalue weighted by Gasteiger charge is -2.28. The second kappa shape index (κ2) is 2.35. The van der Waals surface area contributed by atoms with E-state index in [4.69, 9.17) is 5.26 Å².